The van der Waals surface area contributed by atoms with Crippen LogP contribution in [-0.4, -0.2) is 20.5 Å². The minimum absolute atomic E-state index is 0.00541. The van der Waals surface area contributed by atoms with E-state index in [0.717, 1.165) is 23.8 Å². The maximum absolute atomic E-state index is 5.08. The number of aromatic nitrogens is 3. The van der Waals surface area contributed by atoms with E-state index in [1.807, 2.05) is 18.3 Å². The molecule has 0 N–H and O–H groups in total. The van der Waals surface area contributed by atoms with Gasteiger partial charge in [-0.3, -0.25) is 9.56 Å². The van der Waals surface area contributed by atoms with E-state index in [1.165, 1.54) is 26.6 Å². The number of hydrogen-bond donors (Lipinski definition) is 0. The molecule has 0 fully saturated rings. The van der Waals surface area contributed by atoms with Crippen LogP contribution < -0.4 is 0 Å². The highest BCUT2D eigenvalue weighted by atomic mass is 32.1. The lowest BCUT2D eigenvalue weighted by Gasteiger charge is -2.15. The summed E-state index contributed by atoms with van der Waals surface area (Å²) in [5.74, 6) is 2.46. The van der Waals surface area contributed by atoms with E-state index in [9.17, 15) is 0 Å². The second kappa shape index (κ2) is 5.52. The van der Waals surface area contributed by atoms with Gasteiger partial charge in [0.2, 0.25) is 0 Å². The van der Waals surface area contributed by atoms with Crippen LogP contribution in [0.4, 0.5) is 0 Å². The zero-order valence-electron chi connectivity index (χ0n) is 14.8. The molecule has 2 unspecified atom stereocenters. The Balaban J connectivity index is 1.99. The summed E-state index contributed by atoms with van der Waals surface area (Å²) in [5.41, 5.74) is 4.90. The standard InChI is InChI=1S/C19H22N4S/c1-10-6-8-15(9-7-10)17-16-11(2)13(4)24-19(16)23-14(5)21-22-18(23)12(3)20-17/h6,8-10,12H,7H2,1-5H3. The van der Waals surface area contributed by atoms with Crippen LogP contribution in [0.1, 0.15) is 54.0 Å². The largest absolute Gasteiger partial charge is 0.273 e. The number of allylic oxidation sites excluding steroid dienone is 4. The molecule has 2 atom stereocenters. The maximum atomic E-state index is 5.08. The molecule has 0 aromatic carbocycles. The van der Waals surface area contributed by atoms with E-state index in [0.29, 0.717) is 5.92 Å². The SMILES string of the molecule is Cc1sc2c(c1C)C(C1=CCC(C)C=C1)=NC(C)c1nnc(C)n1-2. The Morgan fingerprint density at radius 2 is 1.96 bits per heavy atom. The molecule has 4 nitrogen and oxygen atoms in total. The molecule has 0 radical (unpaired) electrons. The predicted octanol–water partition coefficient (Wildman–Crippen LogP) is 4.64. The number of thiophene rings is 1. The van der Waals surface area contributed by atoms with Gasteiger partial charge in [-0.2, -0.15) is 0 Å². The lowest BCUT2D eigenvalue weighted by atomic mass is 9.92. The van der Waals surface area contributed by atoms with Crippen LogP contribution in [0.5, 0.6) is 0 Å². The van der Waals surface area contributed by atoms with Crippen molar-refractivity contribution < 1.29 is 0 Å². The van der Waals surface area contributed by atoms with Crippen LogP contribution in [0.15, 0.2) is 28.8 Å². The van der Waals surface area contributed by atoms with Crippen LogP contribution in [0, 0.1) is 26.7 Å². The molecule has 0 saturated heterocycles. The third-order valence-electron chi connectivity index (χ3n) is 4.94. The summed E-state index contributed by atoms with van der Waals surface area (Å²) < 4.78 is 2.19. The number of aliphatic imine (C=N–C) groups is 1. The van der Waals surface area contributed by atoms with E-state index in [4.69, 9.17) is 4.99 Å². The van der Waals surface area contributed by atoms with E-state index in [1.54, 1.807) is 0 Å². The molecule has 1 aliphatic heterocycles. The topological polar surface area (TPSA) is 43.1 Å². The molecule has 24 heavy (non-hydrogen) atoms. The summed E-state index contributed by atoms with van der Waals surface area (Å²) >= 11 is 1.81. The molecule has 2 aliphatic rings. The van der Waals surface area contributed by atoms with Crippen LogP contribution in [0.3, 0.4) is 0 Å². The van der Waals surface area contributed by atoms with Gasteiger partial charge in [-0.15, -0.1) is 21.5 Å². The summed E-state index contributed by atoms with van der Waals surface area (Å²) in [6.07, 6.45) is 7.91. The van der Waals surface area contributed by atoms with Crippen LogP contribution in [0.2, 0.25) is 0 Å². The van der Waals surface area contributed by atoms with Gasteiger partial charge in [0.15, 0.2) is 5.82 Å². The second-order valence-electron chi connectivity index (χ2n) is 6.79. The smallest absolute Gasteiger partial charge is 0.162 e. The minimum Gasteiger partial charge on any atom is -0.273 e. The molecule has 5 heteroatoms. The number of hydrogen-bond acceptors (Lipinski definition) is 4. The van der Waals surface area contributed by atoms with Crippen molar-refractivity contribution in [2.24, 2.45) is 10.9 Å². The first-order valence-corrected chi connectivity index (χ1v) is 9.28. The summed E-state index contributed by atoms with van der Waals surface area (Å²) in [5, 5.41) is 9.91. The molecule has 0 bridgehead atoms. The van der Waals surface area contributed by atoms with Crippen LogP contribution in [0.25, 0.3) is 5.00 Å². The van der Waals surface area contributed by atoms with Crippen molar-refractivity contribution in [2.45, 2.75) is 47.1 Å². The van der Waals surface area contributed by atoms with E-state index >= 15 is 0 Å². The van der Waals surface area contributed by atoms with Crippen molar-refractivity contribution in [3.63, 3.8) is 0 Å². The zero-order valence-corrected chi connectivity index (χ0v) is 15.6. The van der Waals surface area contributed by atoms with Gasteiger partial charge in [-0.05, 0) is 51.2 Å². The predicted molar refractivity (Wildman–Crippen MR) is 99.4 cm³/mol. The molecule has 0 spiro atoms. The third kappa shape index (κ3) is 2.22. The monoisotopic (exact) mass is 338 g/mol. The van der Waals surface area contributed by atoms with Gasteiger partial charge in [-0.1, -0.05) is 25.2 Å². The Morgan fingerprint density at radius 3 is 2.67 bits per heavy atom. The van der Waals surface area contributed by atoms with Crippen molar-refractivity contribution in [3.05, 3.63) is 51.5 Å². The average Bonchev–Trinajstić information content (AvgIpc) is 3.03. The highest BCUT2D eigenvalue weighted by Crippen LogP contribution is 2.39. The fourth-order valence-corrected chi connectivity index (χ4v) is 4.60. The normalized spacial score (nSPS) is 22.5. The second-order valence-corrected chi connectivity index (χ2v) is 7.99. The van der Waals surface area contributed by atoms with Crippen molar-refractivity contribution >= 4 is 17.0 Å². The van der Waals surface area contributed by atoms with Gasteiger partial charge in [0.1, 0.15) is 16.9 Å². The minimum atomic E-state index is -0.00541. The van der Waals surface area contributed by atoms with Crippen molar-refractivity contribution in [1.29, 1.82) is 0 Å². The fraction of sp³-hybridized carbons (Fsp3) is 0.421. The van der Waals surface area contributed by atoms with Gasteiger partial charge < -0.3 is 0 Å². The number of fused-ring (bicyclic) bond motifs is 3. The fourth-order valence-electron chi connectivity index (χ4n) is 3.38. The van der Waals surface area contributed by atoms with Gasteiger partial charge in [0.05, 0.1) is 5.71 Å². The molecule has 0 amide bonds. The van der Waals surface area contributed by atoms with Gasteiger partial charge in [0, 0.05) is 10.4 Å². The molecular weight excluding hydrogens is 316 g/mol. The highest BCUT2D eigenvalue weighted by Gasteiger charge is 2.29. The molecule has 0 saturated carbocycles. The molecule has 2 aromatic heterocycles. The van der Waals surface area contributed by atoms with Crippen LogP contribution >= 0.6 is 11.3 Å². The Labute approximate surface area is 146 Å². The first-order chi connectivity index (χ1) is 11.5. The Kier molecular flexibility index (Phi) is 3.57. The van der Waals surface area contributed by atoms with Gasteiger partial charge in [0.25, 0.3) is 0 Å². The molecule has 3 heterocycles. The Hall–Kier alpha value is -2.01. The van der Waals surface area contributed by atoms with Gasteiger partial charge >= 0.3 is 0 Å². The lowest BCUT2D eigenvalue weighted by molar-refractivity contribution is 0.721. The van der Waals surface area contributed by atoms with E-state index < -0.39 is 0 Å². The van der Waals surface area contributed by atoms with Crippen molar-refractivity contribution in [3.8, 4) is 5.00 Å². The summed E-state index contributed by atoms with van der Waals surface area (Å²) in [7, 11) is 0. The quantitative estimate of drug-likeness (QED) is 0.760. The highest BCUT2D eigenvalue weighted by molar-refractivity contribution is 7.15. The van der Waals surface area contributed by atoms with Crippen molar-refractivity contribution in [1.82, 2.24) is 14.8 Å². The molecule has 1 aliphatic carbocycles. The average molecular weight is 338 g/mol. The zero-order chi connectivity index (χ0) is 17.0. The lowest BCUT2D eigenvalue weighted by Crippen LogP contribution is -2.10. The first kappa shape index (κ1) is 15.5. The molecule has 2 aromatic rings. The van der Waals surface area contributed by atoms with E-state index in [2.05, 4.69) is 60.7 Å². The third-order valence-corrected chi connectivity index (χ3v) is 6.13. The summed E-state index contributed by atoms with van der Waals surface area (Å²) in [6, 6.07) is -0.00541. The maximum Gasteiger partial charge on any atom is 0.162 e. The number of rotatable bonds is 1. The first-order valence-electron chi connectivity index (χ1n) is 8.46. The van der Waals surface area contributed by atoms with Crippen molar-refractivity contribution in [2.75, 3.05) is 0 Å². The molecule has 4 rings (SSSR count). The van der Waals surface area contributed by atoms with Crippen LogP contribution in [-0.2, 0) is 0 Å². The number of aryl methyl sites for hydroxylation is 2. The molecular formula is C19H22N4S. The number of nitrogens with zero attached hydrogens (tertiary/aromatic N) is 4. The summed E-state index contributed by atoms with van der Waals surface area (Å²) in [4.78, 5) is 6.40. The molecule has 124 valence electrons. The van der Waals surface area contributed by atoms with Gasteiger partial charge in [-0.25, -0.2) is 0 Å². The Bertz CT molecular complexity index is 910. The van der Waals surface area contributed by atoms with E-state index in [-0.39, 0.29) is 6.04 Å². The Morgan fingerprint density at radius 1 is 1.17 bits per heavy atom. The summed E-state index contributed by atoms with van der Waals surface area (Å²) in [6.45, 7) is 10.8.